The van der Waals surface area contributed by atoms with E-state index < -0.39 is 10.0 Å². The van der Waals surface area contributed by atoms with Gasteiger partial charge in [-0.15, -0.1) is 0 Å². The van der Waals surface area contributed by atoms with E-state index >= 15 is 0 Å². The molecule has 0 aromatic heterocycles. The lowest BCUT2D eigenvalue weighted by atomic mass is 10.0. The van der Waals surface area contributed by atoms with Crippen LogP contribution in [0.25, 0.3) is 0 Å². The van der Waals surface area contributed by atoms with Gasteiger partial charge in [0.05, 0.1) is 11.8 Å². The van der Waals surface area contributed by atoms with Crippen LogP contribution >= 0.6 is 0 Å². The van der Waals surface area contributed by atoms with Gasteiger partial charge in [-0.2, -0.15) is 0 Å². The second-order valence-electron chi connectivity index (χ2n) is 4.26. The van der Waals surface area contributed by atoms with Crippen LogP contribution in [0.1, 0.15) is 18.9 Å². The van der Waals surface area contributed by atoms with E-state index in [1.165, 1.54) is 0 Å². The summed E-state index contributed by atoms with van der Waals surface area (Å²) in [5, 5.41) is 0. The minimum Gasteiger partial charge on any atom is -0.492 e. The lowest BCUT2D eigenvalue weighted by molar-refractivity contribution is 0.254. The van der Waals surface area contributed by atoms with Gasteiger partial charge >= 0.3 is 0 Å². The average Bonchev–Trinajstić information content (AvgIpc) is 2.28. The van der Waals surface area contributed by atoms with Gasteiger partial charge in [-0.05, 0) is 24.5 Å². The van der Waals surface area contributed by atoms with E-state index in [0.717, 1.165) is 11.3 Å². The van der Waals surface area contributed by atoms with E-state index in [-0.39, 0.29) is 11.8 Å². The summed E-state index contributed by atoms with van der Waals surface area (Å²) in [7, 11) is -3.16. The molecule has 1 atom stereocenters. The smallest absolute Gasteiger partial charge is 0.211 e. The van der Waals surface area contributed by atoms with Gasteiger partial charge < -0.3 is 4.74 Å². The highest BCUT2D eigenvalue weighted by Crippen LogP contribution is 2.24. The maximum atomic E-state index is 11.6. The van der Waals surface area contributed by atoms with Crippen molar-refractivity contribution in [1.82, 2.24) is 4.72 Å². The van der Waals surface area contributed by atoms with Crippen LogP contribution in [0, 0.1) is 0 Å². The fourth-order valence-corrected chi connectivity index (χ4v) is 3.30. The molecule has 4 nitrogen and oxygen atoms in total. The first kappa shape index (κ1) is 12.4. The van der Waals surface area contributed by atoms with E-state index in [9.17, 15) is 8.42 Å². The third-order valence-corrected chi connectivity index (χ3v) is 4.34. The molecule has 0 amide bonds. The molecule has 0 spiro atoms. The molecule has 0 radical (unpaired) electrons. The molecule has 0 aliphatic carbocycles. The Labute approximate surface area is 102 Å². The van der Waals surface area contributed by atoms with Gasteiger partial charge in [0.25, 0.3) is 0 Å². The minimum atomic E-state index is -3.16. The third-order valence-electron chi connectivity index (χ3n) is 2.70. The largest absolute Gasteiger partial charge is 0.492 e. The number of nitrogens with one attached hydrogen (secondary N) is 1. The van der Waals surface area contributed by atoms with Gasteiger partial charge in [-0.25, -0.2) is 13.1 Å². The van der Waals surface area contributed by atoms with Crippen LogP contribution in [-0.4, -0.2) is 26.8 Å². The van der Waals surface area contributed by atoms with Crippen LogP contribution in [-0.2, 0) is 16.4 Å². The highest BCUT2D eigenvalue weighted by Gasteiger charge is 2.23. The first-order valence-corrected chi connectivity index (χ1v) is 7.46. The van der Waals surface area contributed by atoms with E-state index in [1.807, 2.05) is 31.2 Å². The van der Waals surface area contributed by atoms with Crippen molar-refractivity contribution in [2.45, 2.75) is 25.8 Å². The van der Waals surface area contributed by atoms with Crippen molar-refractivity contribution in [2.75, 3.05) is 12.4 Å². The number of rotatable bonds is 4. The second-order valence-corrected chi connectivity index (χ2v) is 6.13. The lowest BCUT2D eigenvalue weighted by Gasteiger charge is -2.25. The second kappa shape index (κ2) is 5.06. The maximum absolute atomic E-state index is 11.6. The molecule has 1 aliphatic heterocycles. The Morgan fingerprint density at radius 3 is 2.94 bits per heavy atom. The van der Waals surface area contributed by atoms with Crippen molar-refractivity contribution < 1.29 is 13.2 Å². The average molecular weight is 255 g/mol. The fraction of sp³-hybridized carbons (Fsp3) is 0.500. The molecule has 1 aliphatic rings. The van der Waals surface area contributed by atoms with Gasteiger partial charge in [0.1, 0.15) is 12.4 Å². The molecule has 5 heteroatoms. The minimum absolute atomic E-state index is 0.151. The zero-order valence-electron chi connectivity index (χ0n) is 9.85. The molecule has 0 saturated heterocycles. The molecule has 0 unspecified atom stereocenters. The zero-order chi connectivity index (χ0) is 12.3. The van der Waals surface area contributed by atoms with Gasteiger partial charge in [-0.1, -0.05) is 25.1 Å². The molecular weight excluding hydrogens is 238 g/mol. The Balaban J connectivity index is 2.04. The van der Waals surface area contributed by atoms with Crippen LogP contribution in [0.15, 0.2) is 24.3 Å². The lowest BCUT2D eigenvalue weighted by Crippen LogP contribution is -2.43. The number of hydrogen-bond donors (Lipinski definition) is 1. The fourth-order valence-electron chi connectivity index (χ4n) is 1.99. The molecule has 1 heterocycles. The summed E-state index contributed by atoms with van der Waals surface area (Å²) in [6.07, 6.45) is 1.32. The molecule has 94 valence electrons. The summed E-state index contributed by atoms with van der Waals surface area (Å²) < 4.78 is 31.5. The van der Waals surface area contributed by atoms with Crippen molar-refractivity contribution in [3.63, 3.8) is 0 Å². The molecule has 2 rings (SSSR count). The molecule has 0 bridgehead atoms. The van der Waals surface area contributed by atoms with E-state index in [1.54, 1.807) is 0 Å². The Hall–Kier alpha value is -1.07. The predicted molar refractivity (Wildman–Crippen MR) is 66.6 cm³/mol. The number of para-hydroxylation sites is 1. The summed E-state index contributed by atoms with van der Waals surface area (Å²) in [6, 6.07) is 7.58. The number of hydrogen-bond acceptors (Lipinski definition) is 3. The third kappa shape index (κ3) is 3.20. The Morgan fingerprint density at radius 2 is 2.18 bits per heavy atom. The molecular formula is C12H17NO3S. The molecule has 17 heavy (non-hydrogen) atoms. The Bertz CT molecular complexity index is 484. The van der Waals surface area contributed by atoms with E-state index in [4.69, 9.17) is 4.74 Å². The Kier molecular flexibility index (Phi) is 3.69. The van der Waals surface area contributed by atoms with Crippen molar-refractivity contribution in [1.29, 1.82) is 0 Å². The number of benzene rings is 1. The standard InChI is InChI=1S/C12H17NO3S/c1-2-7-17(14,15)13-11-8-10-5-3-4-6-12(10)16-9-11/h3-6,11,13H,2,7-9H2,1H3/t11-/m1/s1. The van der Waals surface area contributed by atoms with Crippen LogP contribution in [0.5, 0.6) is 5.75 Å². The van der Waals surface area contributed by atoms with Crippen LogP contribution in [0.3, 0.4) is 0 Å². The van der Waals surface area contributed by atoms with Crippen molar-refractivity contribution in [3.8, 4) is 5.75 Å². The quantitative estimate of drug-likeness (QED) is 0.883. The highest BCUT2D eigenvalue weighted by atomic mass is 32.2. The van der Waals surface area contributed by atoms with Gasteiger partial charge in [-0.3, -0.25) is 0 Å². The summed E-state index contributed by atoms with van der Waals surface area (Å²) in [6.45, 7) is 2.26. The van der Waals surface area contributed by atoms with Gasteiger partial charge in [0, 0.05) is 0 Å². The summed E-state index contributed by atoms with van der Waals surface area (Å²) in [4.78, 5) is 0. The van der Waals surface area contributed by atoms with Crippen molar-refractivity contribution in [3.05, 3.63) is 29.8 Å². The summed E-state index contributed by atoms with van der Waals surface area (Å²) in [5.41, 5.74) is 1.06. The predicted octanol–water partition coefficient (Wildman–Crippen LogP) is 1.32. The zero-order valence-corrected chi connectivity index (χ0v) is 10.7. The first-order valence-electron chi connectivity index (χ1n) is 5.81. The van der Waals surface area contributed by atoms with Crippen LogP contribution in [0.4, 0.5) is 0 Å². The summed E-state index contributed by atoms with van der Waals surface area (Å²) in [5.74, 6) is 1.03. The van der Waals surface area contributed by atoms with Crippen molar-refractivity contribution >= 4 is 10.0 Å². The maximum Gasteiger partial charge on any atom is 0.211 e. The molecule has 1 aromatic carbocycles. The normalized spacial score (nSPS) is 19.5. The number of fused-ring (bicyclic) bond motifs is 1. The number of ether oxygens (including phenoxy) is 1. The number of sulfonamides is 1. The van der Waals surface area contributed by atoms with Crippen LogP contribution in [0.2, 0.25) is 0 Å². The molecule has 0 fully saturated rings. The Morgan fingerprint density at radius 1 is 1.41 bits per heavy atom. The molecule has 1 N–H and O–H groups in total. The van der Waals surface area contributed by atoms with E-state index in [2.05, 4.69) is 4.72 Å². The van der Waals surface area contributed by atoms with Crippen molar-refractivity contribution in [2.24, 2.45) is 0 Å². The summed E-state index contributed by atoms with van der Waals surface area (Å²) >= 11 is 0. The first-order chi connectivity index (χ1) is 8.11. The van der Waals surface area contributed by atoms with E-state index in [0.29, 0.717) is 19.4 Å². The van der Waals surface area contributed by atoms with Crippen LogP contribution < -0.4 is 9.46 Å². The topological polar surface area (TPSA) is 55.4 Å². The SMILES string of the molecule is CCCS(=O)(=O)N[C@H]1COc2ccccc2C1. The van der Waals surface area contributed by atoms with Gasteiger partial charge in [0.2, 0.25) is 10.0 Å². The molecule has 1 aromatic rings. The monoisotopic (exact) mass is 255 g/mol. The highest BCUT2D eigenvalue weighted by molar-refractivity contribution is 7.89. The van der Waals surface area contributed by atoms with Gasteiger partial charge in [0.15, 0.2) is 0 Å². The molecule has 0 saturated carbocycles.